The van der Waals surface area contributed by atoms with Gasteiger partial charge in [-0.2, -0.15) is 0 Å². The zero-order valence-electron chi connectivity index (χ0n) is 19.0. The number of alkyl halides is 6. The van der Waals surface area contributed by atoms with Gasteiger partial charge in [-0.05, 0) is 51.8 Å². The maximum Gasteiger partial charge on any atom is 0.573 e. The second kappa shape index (κ2) is 12.5. The van der Waals surface area contributed by atoms with Crippen molar-refractivity contribution in [3.8, 4) is 17.2 Å². The molecule has 0 aliphatic carbocycles. The minimum absolute atomic E-state index is 0.0229. The molecule has 0 saturated heterocycles. The van der Waals surface area contributed by atoms with E-state index >= 15 is 0 Å². The fourth-order valence-corrected chi connectivity index (χ4v) is 4.71. The predicted molar refractivity (Wildman–Crippen MR) is 131 cm³/mol. The summed E-state index contributed by atoms with van der Waals surface area (Å²) < 4.78 is 92.4. The van der Waals surface area contributed by atoms with E-state index in [0.29, 0.717) is 9.37 Å². The number of ether oxygens (including phenoxy) is 3. The number of hydrogen-bond donors (Lipinski definition) is 1. The second-order valence-corrected chi connectivity index (χ2v) is 9.21. The molecule has 5 nitrogen and oxygen atoms in total. The number of aliphatic carboxylic acids is 1. The van der Waals surface area contributed by atoms with Crippen LogP contribution < -0.4 is 14.2 Å². The zero-order valence-corrected chi connectivity index (χ0v) is 21.4. The van der Waals surface area contributed by atoms with E-state index in [2.05, 4.69) is 25.4 Å². The van der Waals surface area contributed by atoms with Crippen molar-refractivity contribution in [2.45, 2.75) is 17.6 Å². The molecule has 3 aromatic carbocycles. The number of carboxylic acids is 1. The van der Waals surface area contributed by atoms with Gasteiger partial charge in [0.2, 0.25) is 0 Å². The first-order chi connectivity index (χ1) is 17.8. The molecule has 0 atom stereocenters. The number of para-hydroxylation sites is 2. The number of halogens is 7. The van der Waals surface area contributed by atoms with Crippen molar-refractivity contribution in [2.75, 3.05) is 12.4 Å². The molecule has 0 aliphatic heterocycles. The molecule has 0 unspecified atom stereocenters. The van der Waals surface area contributed by atoms with Crippen LogP contribution in [0.25, 0.3) is 5.57 Å². The fraction of sp³-hybridized carbons (Fsp3) is 0.160. The molecule has 0 heterocycles. The Hall–Kier alpha value is -3.32. The average Bonchev–Trinajstić information content (AvgIpc) is 2.81. The molecule has 1 N–H and O–H groups in total. The van der Waals surface area contributed by atoms with Gasteiger partial charge in [0.05, 0.1) is 0 Å². The molecule has 202 valence electrons. The highest BCUT2D eigenvalue weighted by Crippen LogP contribution is 2.40. The lowest BCUT2D eigenvalue weighted by Gasteiger charge is -2.19. The van der Waals surface area contributed by atoms with E-state index in [1.54, 1.807) is 6.07 Å². The van der Waals surface area contributed by atoms with Crippen LogP contribution in [0.4, 0.5) is 26.3 Å². The van der Waals surface area contributed by atoms with E-state index in [-0.39, 0.29) is 28.2 Å². The minimum atomic E-state index is -5.03. The Bertz CT molecular complexity index is 1250. The molecule has 38 heavy (non-hydrogen) atoms. The van der Waals surface area contributed by atoms with Gasteiger partial charge in [0, 0.05) is 26.2 Å². The molecule has 0 amide bonds. The van der Waals surface area contributed by atoms with Gasteiger partial charge in [0.25, 0.3) is 0 Å². The van der Waals surface area contributed by atoms with Gasteiger partial charge < -0.3 is 19.3 Å². The largest absolute Gasteiger partial charge is 0.573 e. The van der Waals surface area contributed by atoms with Crippen LogP contribution in [0.2, 0.25) is 0 Å². The predicted octanol–water partition coefficient (Wildman–Crippen LogP) is 7.93. The monoisotopic (exact) mass is 622 g/mol. The lowest BCUT2D eigenvalue weighted by molar-refractivity contribution is -0.275. The molecule has 3 rings (SSSR count). The lowest BCUT2D eigenvalue weighted by atomic mass is 9.96. The highest BCUT2D eigenvalue weighted by molar-refractivity contribution is 9.10. The first-order valence-corrected chi connectivity index (χ1v) is 12.3. The second-order valence-electron chi connectivity index (χ2n) is 7.29. The molecule has 0 fully saturated rings. The molecule has 3 aromatic rings. The number of carbonyl (C=O) groups is 1. The van der Waals surface area contributed by atoms with Gasteiger partial charge >= 0.3 is 18.7 Å². The first-order valence-electron chi connectivity index (χ1n) is 10.5. The topological polar surface area (TPSA) is 65.0 Å². The van der Waals surface area contributed by atoms with Gasteiger partial charge in [-0.3, -0.25) is 0 Å². The maximum absolute atomic E-state index is 13.1. The van der Waals surface area contributed by atoms with E-state index < -0.39 is 36.8 Å². The zero-order chi connectivity index (χ0) is 27.9. The Balaban J connectivity index is 1.99. The third-order valence-corrected chi connectivity index (χ3v) is 6.52. The van der Waals surface area contributed by atoms with Gasteiger partial charge in [-0.25, -0.2) is 4.79 Å². The highest BCUT2D eigenvalue weighted by atomic mass is 79.9. The van der Waals surface area contributed by atoms with Gasteiger partial charge in [0.1, 0.15) is 17.2 Å². The summed E-state index contributed by atoms with van der Waals surface area (Å²) in [6.07, 6.45) is -8.61. The number of carboxylic acid groups (broad SMARTS) is 1. The first kappa shape index (κ1) is 29.2. The van der Waals surface area contributed by atoms with Crippen LogP contribution in [0.5, 0.6) is 17.2 Å². The summed E-state index contributed by atoms with van der Waals surface area (Å²) >= 11 is 4.56. The van der Waals surface area contributed by atoms with E-state index in [1.165, 1.54) is 66.4 Å². The molecular weight excluding hydrogens is 606 g/mol. The van der Waals surface area contributed by atoms with Crippen molar-refractivity contribution in [2.24, 2.45) is 0 Å². The summed E-state index contributed by atoms with van der Waals surface area (Å²) in [6, 6.07) is 14.9. The van der Waals surface area contributed by atoms with E-state index in [1.807, 2.05) is 0 Å². The standard InChI is InChI=1S/C25H17BrF6O5S/c26-19-13-15(35-14-23(33)34)9-10-22(19)38-12-11-16(17-5-1-3-7-20(17)36-24(27,28)29)18-6-2-4-8-21(18)37-25(30,31)32/h1-11,13H,12,14H2,(H,33,34). The van der Waals surface area contributed by atoms with Crippen LogP contribution in [-0.4, -0.2) is 36.2 Å². The molecule has 0 aliphatic rings. The van der Waals surface area contributed by atoms with Gasteiger partial charge in [-0.1, -0.05) is 42.5 Å². The average molecular weight is 623 g/mol. The molecule has 0 aromatic heterocycles. The van der Waals surface area contributed by atoms with Crippen molar-refractivity contribution in [1.82, 2.24) is 0 Å². The maximum atomic E-state index is 13.1. The molecular formula is C25H17BrF6O5S. The van der Waals surface area contributed by atoms with Crippen molar-refractivity contribution in [3.63, 3.8) is 0 Å². The van der Waals surface area contributed by atoms with Crippen LogP contribution >= 0.6 is 27.7 Å². The lowest BCUT2D eigenvalue weighted by Crippen LogP contribution is -2.19. The summed E-state index contributed by atoms with van der Waals surface area (Å²) in [7, 11) is 0. The van der Waals surface area contributed by atoms with Crippen LogP contribution in [0.1, 0.15) is 11.1 Å². The summed E-state index contributed by atoms with van der Waals surface area (Å²) in [5.41, 5.74) is -0.171. The van der Waals surface area contributed by atoms with Crippen molar-refractivity contribution in [3.05, 3.63) is 88.4 Å². The van der Waals surface area contributed by atoms with Crippen LogP contribution in [0.3, 0.4) is 0 Å². The summed E-state index contributed by atoms with van der Waals surface area (Å²) in [4.78, 5) is 11.3. The smallest absolute Gasteiger partial charge is 0.482 e. The van der Waals surface area contributed by atoms with Gasteiger partial charge in [-0.15, -0.1) is 38.1 Å². The molecule has 13 heteroatoms. The normalized spacial score (nSPS) is 11.6. The molecule has 0 saturated carbocycles. The quantitative estimate of drug-likeness (QED) is 0.183. The van der Waals surface area contributed by atoms with E-state index in [0.717, 1.165) is 12.1 Å². The Morgan fingerprint density at radius 3 is 1.87 bits per heavy atom. The van der Waals surface area contributed by atoms with Crippen LogP contribution in [0, 0.1) is 0 Å². The summed E-state index contributed by atoms with van der Waals surface area (Å²) in [6.45, 7) is -0.538. The molecule has 0 spiro atoms. The van der Waals surface area contributed by atoms with Crippen molar-refractivity contribution >= 4 is 39.2 Å². The van der Waals surface area contributed by atoms with Crippen molar-refractivity contribution < 1.29 is 50.5 Å². The third-order valence-electron chi connectivity index (χ3n) is 4.60. The third kappa shape index (κ3) is 8.91. The Morgan fingerprint density at radius 1 is 0.868 bits per heavy atom. The fourth-order valence-electron chi connectivity index (χ4n) is 3.22. The number of thioether (sulfide) groups is 1. The Kier molecular flexibility index (Phi) is 9.60. The summed E-state index contributed by atoms with van der Waals surface area (Å²) in [5, 5.41) is 8.73. The van der Waals surface area contributed by atoms with Gasteiger partial charge in [0.15, 0.2) is 6.61 Å². The Labute approximate surface area is 225 Å². The van der Waals surface area contributed by atoms with Crippen LogP contribution in [-0.2, 0) is 4.79 Å². The van der Waals surface area contributed by atoms with E-state index in [9.17, 15) is 31.1 Å². The van der Waals surface area contributed by atoms with Crippen molar-refractivity contribution in [1.29, 1.82) is 0 Å². The Morgan fingerprint density at radius 2 is 1.39 bits per heavy atom. The highest BCUT2D eigenvalue weighted by Gasteiger charge is 2.34. The SMILES string of the molecule is O=C(O)COc1ccc(SCC=C(c2ccccc2OC(F)(F)F)c2ccccc2OC(F)(F)F)c(Br)c1. The number of hydrogen-bond acceptors (Lipinski definition) is 5. The number of benzene rings is 3. The minimum Gasteiger partial charge on any atom is -0.482 e. The van der Waals surface area contributed by atoms with Crippen LogP contribution in [0.15, 0.2) is 82.2 Å². The summed E-state index contributed by atoms with van der Waals surface area (Å²) in [5.74, 6) is -1.94. The molecule has 0 bridgehead atoms. The molecule has 0 radical (unpaired) electrons. The van der Waals surface area contributed by atoms with E-state index in [4.69, 9.17) is 9.84 Å². The number of rotatable bonds is 10.